The molecule has 1 saturated heterocycles. The number of carboxylic acids is 1. The maximum Gasteiger partial charge on any atom is 0.341 e. The summed E-state index contributed by atoms with van der Waals surface area (Å²) in [5.41, 5.74) is -1.54. The van der Waals surface area contributed by atoms with Crippen LogP contribution < -0.4 is 15.6 Å². The topological polar surface area (TPSA) is 74.6 Å². The Labute approximate surface area is 161 Å². The number of aryl methyl sites for hydroxylation is 2. The Bertz CT molecular complexity index is 987. The third-order valence-electron chi connectivity index (χ3n) is 5.46. The van der Waals surface area contributed by atoms with Crippen molar-refractivity contribution in [1.29, 1.82) is 0 Å². The monoisotopic (exact) mass is 393 g/mol. The summed E-state index contributed by atoms with van der Waals surface area (Å²) in [6, 6.07) is 0. The van der Waals surface area contributed by atoms with Crippen LogP contribution >= 0.6 is 0 Å². The normalized spacial score (nSPS) is 16.9. The van der Waals surface area contributed by atoms with Crippen molar-refractivity contribution in [2.45, 2.75) is 33.7 Å². The third-order valence-corrected chi connectivity index (χ3v) is 5.46. The van der Waals surface area contributed by atoms with Gasteiger partial charge in [-0.05, 0) is 39.3 Å². The van der Waals surface area contributed by atoms with Crippen LogP contribution in [0.15, 0.2) is 11.0 Å². The Balaban J connectivity index is 2.21. The Morgan fingerprint density at radius 1 is 1.32 bits per heavy atom. The zero-order valence-corrected chi connectivity index (χ0v) is 16.3. The van der Waals surface area contributed by atoms with Crippen LogP contribution in [0.1, 0.15) is 36.2 Å². The summed E-state index contributed by atoms with van der Waals surface area (Å²) in [7, 11) is 0. The van der Waals surface area contributed by atoms with Gasteiger partial charge in [0.25, 0.3) is 0 Å². The first-order chi connectivity index (χ1) is 13.3. The van der Waals surface area contributed by atoms with E-state index in [9.17, 15) is 14.7 Å². The lowest BCUT2D eigenvalue weighted by Gasteiger charge is -2.24. The van der Waals surface area contributed by atoms with Gasteiger partial charge in [-0.1, -0.05) is 6.92 Å². The number of fused-ring (bicyclic) bond motifs is 1. The Morgan fingerprint density at radius 2 is 2.04 bits per heavy atom. The molecule has 0 bridgehead atoms. The molecule has 1 fully saturated rings. The number of carbonyl (C=O) groups is 1. The highest BCUT2D eigenvalue weighted by Crippen LogP contribution is 2.35. The lowest BCUT2D eigenvalue weighted by atomic mass is 10.0. The molecule has 0 aliphatic carbocycles. The number of carboxylic acid groups (broad SMARTS) is 1. The van der Waals surface area contributed by atoms with E-state index >= 15 is 8.78 Å². The Hall–Kier alpha value is -2.48. The van der Waals surface area contributed by atoms with Crippen molar-refractivity contribution < 1.29 is 18.7 Å². The van der Waals surface area contributed by atoms with E-state index in [1.165, 1.54) is 11.5 Å². The van der Waals surface area contributed by atoms with Crippen LogP contribution in [-0.2, 0) is 6.54 Å². The maximum absolute atomic E-state index is 15.5. The van der Waals surface area contributed by atoms with Gasteiger partial charge in [-0.25, -0.2) is 13.6 Å². The summed E-state index contributed by atoms with van der Waals surface area (Å²) in [5, 5.41) is 12.3. The molecule has 2 heterocycles. The van der Waals surface area contributed by atoms with E-state index in [1.54, 1.807) is 11.8 Å². The van der Waals surface area contributed by atoms with E-state index in [0.717, 1.165) is 25.7 Å². The van der Waals surface area contributed by atoms with E-state index < -0.39 is 28.6 Å². The second-order valence-electron chi connectivity index (χ2n) is 7.20. The van der Waals surface area contributed by atoms with Crippen molar-refractivity contribution >= 4 is 22.6 Å². The third kappa shape index (κ3) is 3.26. The number of aromatic carboxylic acids is 1. The molecule has 28 heavy (non-hydrogen) atoms. The zero-order chi connectivity index (χ0) is 20.6. The number of benzene rings is 1. The Kier molecular flexibility index (Phi) is 5.69. The van der Waals surface area contributed by atoms with Gasteiger partial charge < -0.3 is 19.9 Å². The summed E-state index contributed by atoms with van der Waals surface area (Å²) < 4.78 is 32.0. The van der Waals surface area contributed by atoms with Crippen molar-refractivity contribution in [2.75, 3.05) is 31.1 Å². The highest BCUT2D eigenvalue weighted by Gasteiger charge is 2.31. The molecule has 3 rings (SSSR count). The number of hydrogen-bond acceptors (Lipinski definition) is 4. The first kappa shape index (κ1) is 20.3. The number of aromatic nitrogens is 1. The molecule has 1 aliphatic heterocycles. The molecule has 1 aromatic heterocycles. The molecule has 2 N–H and O–H groups in total. The van der Waals surface area contributed by atoms with Gasteiger partial charge in [0.2, 0.25) is 5.43 Å². The molecule has 6 nitrogen and oxygen atoms in total. The van der Waals surface area contributed by atoms with Gasteiger partial charge in [-0.2, -0.15) is 0 Å². The maximum atomic E-state index is 15.5. The highest BCUT2D eigenvalue weighted by molar-refractivity contribution is 5.95. The summed E-state index contributed by atoms with van der Waals surface area (Å²) in [6.07, 6.45) is 1.96. The molecule has 152 valence electrons. The number of pyridine rings is 1. The van der Waals surface area contributed by atoms with Crippen LogP contribution in [0.5, 0.6) is 0 Å². The molecule has 1 atom stereocenters. The molecule has 2 aromatic rings. The van der Waals surface area contributed by atoms with E-state index in [4.69, 9.17) is 0 Å². The van der Waals surface area contributed by atoms with Crippen LogP contribution in [0, 0.1) is 24.5 Å². The Morgan fingerprint density at radius 3 is 2.64 bits per heavy atom. The van der Waals surface area contributed by atoms with Gasteiger partial charge in [-0.3, -0.25) is 4.79 Å². The number of hydrogen-bond donors (Lipinski definition) is 2. The molecule has 1 aliphatic rings. The molecule has 0 amide bonds. The van der Waals surface area contributed by atoms with Gasteiger partial charge in [-0.15, -0.1) is 0 Å². The fourth-order valence-electron chi connectivity index (χ4n) is 3.97. The van der Waals surface area contributed by atoms with E-state index in [1.807, 2.05) is 6.92 Å². The van der Waals surface area contributed by atoms with Gasteiger partial charge >= 0.3 is 5.97 Å². The van der Waals surface area contributed by atoms with Gasteiger partial charge in [0, 0.05) is 31.4 Å². The van der Waals surface area contributed by atoms with Crippen LogP contribution in [0.4, 0.5) is 14.5 Å². The van der Waals surface area contributed by atoms with Gasteiger partial charge in [0.1, 0.15) is 11.3 Å². The lowest BCUT2D eigenvalue weighted by molar-refractivity contribution is 0.0695. The van der Waals surface area contributed by atoms with Crippen molar-refractivity contribution in [3.8, 4) is 0 Å². The first-order valence-electron chi connectivity index (χ1n) is 9.55. The lowest BCUT2D eigenvalue weighted by Crippen LogP contribution is -2.28. The molecule has 8 heteroatoms. The standard InChI is InChI=1S/C20H25F2N3O3/c1-4-23-8-12-6-7-25(9-12)18-15(21)11(3)14-17(16(18)22)24(5-2)10-13(19(14)26)20(27)28/h10,12,23H,4-9H2,1-3H3,(H,27,28). The molecular weight excluding hydrogens is 368 g/mol. The number of nitrogens with one attached hydrogen (secondary N) is 1. The number of nitrogens with zero attached hydrogens (tertiary/aromatic N) is 2. The second kappa shape index (κ2) is 7.87. The summed E-state index contributed by atoms with van der Waals surface area (Å²) in [5.74, 6) is -2.73. The molecule has 1 unspecified atom stereocenters. The predicted octanol–water partition coefficient (Wildman–Crippen LogP) is 2.74. The SMILES string of the molecule is CCNCC1CCN(c2c(F)c(C)c3c(=O)c(C(=O)O)cn(CC)c3c2F)C1. The van der Waals surface area contributed by atoms with Crippen LogP contribution in [0.2, 0.25) is 0 Å². The zero-order valence-electron chi connectivity index (χ0n) is 16.3. The average molecular weight is 393 g/mol. The summed E-state index contributed by atoms with van der Waals surface area (Å²) >= 11 is 0. The van der Waals surface area contributed by atoms with E-state index in [-0.39, 0.29) is 34.6 Å². The van der Waals surface area contributed by atoms with Crippen molar-refractivity contribution in [1.82, 2.24) is 9.88 Å². The minimum Gasteiger partial charge on any atom is -0.477 e. The number of anilines is 1. The predicted molar refractivity (Wildman–Crippen MR) is 104 cm³/mol. The van der Waals surface area contributed by atoms with Crippen molar-refractivity contribution in [2.24, 2.45) is 5.92 Å². The van der Waals surface area contributed by atoms with E-state index in [2.05, 4.69) is 5.32 Å². The number of halogens is 2. The second-order valence-corrected chi connectivity index (χ2v) is 7.20. The fourth-order valence-corrected chi connectivity index (χ4v) is 3.97. The smallest absolute Gasteiger partial charge is 0.341 e. The minimum atomic E-state index is -1.41. The molecule has 0 radical (unpaired) electrons. The van der Waals surface area contributed by atoms with E-state index in [0.29, 0.717) is 13.1 Å². The van der Waals surface area contributed by atoms with Gasteiger partial charge in [0.15, 0.2) is 11.6 Å². The molecule has 0 spiro atoms. The first-order valence-corrected chi connectivity index (χ1v) is 9.55. The average Bonchev–Trinajstić information content (AvgIpc) is 3.12. The summed E-state index contributed by atoms with van der Waals surface area (Å²) in [4.78, 5) is 25.7. The van der Waals surface area contributed by atoms with Crippen LogP contribution in [-0.4, -0.2) is 41.8 Å². The van der Waals surface area contributed by atoms with Crippen LogP contribution in [0.3, 0.4) is 0 Å². The van der Waals surface area contributed by atoms with Crippen LogP contribution in [0.25, 0.3) is 10.9 Å². The summed E-state index contributed by atoms with van der Waals surface area (Å²) in [6.45, 7) is 8.05. The van der Waals surface area contributed by atoms with Gasteiger partial charge in [0.05, 0.1) is 10.9 Å². The van der Waals surface area contributed by atoms with Crippen molar-refractivity contribution in [3.05, 3.63) is 39.2 Å². The van der Waals surface area contributed by atoms with Crippen molar-refractivity contribution in [3.63, 3.8) is 0 Å². The number of rotatable bonds is 6. The fraction of sp³-hybridized carbons (Fsp3) is 0.500. The molecule has 0 saturated carbocycles. The molecule has 1 aromatic carbocycles. The largest absolute Gasteiger partial charge is 0.477 e. The quantitative estimate of drug-likeness (QED) is 0.790. The highest BCUT2D eigenvalue weighted by atomic mass is 19.1. The molecular formula is C20H25F2N3O3. The minimum absolute atomic E-state index is 0.0168.